The Balaban J connectivity index is 1.62. The number of likely N-dealkylation sites (tertiary alicyclic amines) is 1. The van der Waals surface area contributed by atoms with Crippen molar-refractivity contribution in [2.45, 2.75) is 50.5 Å². The summed E-state index contributed by atoms with van der Waals surface area (Å²) in [5.74, 6) is 0.163. The van der Waals surface area contributed by atoms with Crippen molar-refractivity contribution >= 4 is 15.9 Å². The lowest BCUT2D eigenvalue weighted by Crippen LogP contribution is -2.31. The minimum atomic E-state index is -3.44. The third-order valence-electron chi connectivity index (χ3n) is 5.65. The highest BCUT2D eigenvalue weighted by Gasteiger charge is 2.29. The average Bonchev–Trinajstić information content (AvgIpc) is 3.24. The minimum Gasteiger partial charge on any atom is -0.336 e. The first-order valence-corrected chi connectivity index (χ1v) is 11.8. The number of hydrogen-bond donors (Lipinski definition) is 0. The fourth-order valence-corrected chi connectivity index (χ4v) is 5.48. The van der Waals surface area contributed by atoms with Crippen molar-refractivity contribution in [3.63, 3.8) is 0 Å². The Morgan fingerprint density at radius 3 is 2.31 bits per heavy atom. The third-order valence-corrected chi connectivity index (χ3v) is 7.72. The molecule has 1 atom stereocenters. The largest absolute Gasteiger partial charge is 0.336 e. The Hall–Kier alpha value is -2.18. The van der Waals surface area contributed by atoms with Gasteiger partial charge in [-0.15, -0.1) is 0 Å². The molecule has 2 aromatic carbocycles. The highest BCUT2D eigenvalue weighted by molar-refractivity contribution is 7.89. The molecule has 0 N–H and O–H groups in total. The fourth-order valence-electron chi connectivity index (χ4n) is 4.02. The lowest BCUT2D eigenvalue weighted by Gasteiger charge is -2.25. The Morgan fingerprint density at radius 2 is 1.69 bits per heavy atom. The summed E-state index contributed by atoms with van der Waals surface area (Å²) in [4.78, 5) is 15.1. The van der Waals surface area contributed by atoms with Crippen LogP contribution >= 0.6 is 0 Å². The summed E-state index contributed by atoms with van der Waals surface area (Å²) in [6.07, 6.45) is 3.09. The topological polar surface area (TPSA) is 57.7 Å². The van der Waals surface area contributed by atoms with E-state index in [0.717, 1.165) is 24.9 Å². The predicted molar refractivity (Wildman–Crippen MR) is 115 cm³/mol. The van der Waals surface area contributed by atoms with Gasteiger partial charge in [-0.25, -0.2) is 8.42 Å². The fraction of sp³-hybridized carbons (Fsp3) is 0.435. The van der Waals surface area contributed by atoms with E-state index in [-0.39, 0.29) is 11.9 Å². The van der Waals surface area contributed by atoms with E-state index in [0.29, 0.717) is 30.8 Å². The van der Waals surface area contributed by atoms with Crippen molar-refractivity contribution in [3.05, 3.63) is 65.7 Å². The van der Waals surface area contributed by atoms with E-state index in [2.05, 4.69) is 12.1 Å². The normalized spacial score (nSPS) is 17.1. The van der Waals surface area contributed by atoms with Crippen molar-refractivity contribution in [1.82, 2.24) is 9.21 Å². The van der Waals surface area contributed by atoms with E-state index in [1.807, 2.05) is 49.1 Å². The first kappa shape index (κ1) is 21.5. The van der Waals surface area contributed by atoms with Crippen molar-refractivity contribution in [3.8, 4) is 0 Å². The van der Waals surface area contributed by atoms with Crippen molar-refractivity contribution in [2.24, 2.45) is 0 Å². The number of rotatable bonds is 8. The van der Waals surface area contributed by atoms with Gasteiger partial charge in [0.25, 0.3) is 0 Å². The number of aryl methyl sites for hydroxylation is 1. The molecule has 1 fully saturated rings. The molecule has 2 aromatic rings. The molecule has 156 valence electrons. The quantitative estimate of drug-likeness (QED) is 0.656. The van der Waals surface area contributed by atoms with Crippen LogP contribution in [0.15, 0.2) is 59.5 Å². The van der Waals surface area contributed by atoms with Crippen LogP contribution in [0.3, 0.4) is 0 Å². The smallest absolute Gasteiger partial charge is 0.243 e. The summed E-state index contributed by atoms with van der Waals surface area (Å²) in [5, 5.41) is 0. The van der Waals surface area contributed by atoms with E-state index >= 15 is 0 Å². The zero-order valence-corrected chi connectivity index (χ0v) is 18.1. The molecule has 29 heavy (non-hydrogen) atoms. The molecule has 0 spiro atoms. The van der Waals surface area contributed by atoms with Gasteiger partial charge in [-0.05, 0) is 42.5 Å². The summed E-state index contributed by atoms with van der Waals surface area (Å²) in [6.45, 7) is 5.38. The van der Waals surface area contributed by atoms with Crippen LogP contribution < -0.4 is 0 Å². The maximum atomic E-state index is 12.8. The molecule has 0 aromatic heterocycles. The van der Waals surface area contributed by atoms with Gasteiger partial charge in [0.15, 0.2) is 0 Å². The first-order valence-electron chi connectivity index (χ1n) is 10.4. The van der Waals surface area contributed by atoms with E-state index in [9.17, 15) is 13.2 Å². The molecule has 0 saturated carbocycles. The molecular weight excluding hydrogens is 384 g/mol. The van der Waals surface area contributed by atoms with Crippen LogP contribution in [0.1, 0.15) is 50.3 Å². The summed E-state index contributed by atoms with van der Waals surface area (Å²) in [7, 11) is -3.44. The highest BCUT2D eigenvalue weighted by Crippen LogP contribution is 2.32. The molecule has 0 bridgehead atoms. The number of sulfonamides is 1. The van der Waals surface area contributed by atoms with Crippen molar-refractivity contribution in [1.29, 1.82) is 0 Å². The second-order valence-corrected chi connectivity index (χ2v) is 9.33. The molecule has 5 nitrogen and oxygen atoms in total. The molecule has 1 heterocycles. The number of benzene rings is 2. The zero-order valence-electron chi connectivity index (χ0n) is 17.3. The Bertz CT molecular complexity index is 907. The molecule has 0 aliphatic carbocycles. The van der Waals surface area contributed by atoms with Crippen LogP contribution in [-0.2, 0) is 21.2 Å². The van der Waals surface area contributed by atoms with Crippen molar-refractivity contribution in [2.75, 3.05) is 19.6 Å². The van der Waals surface area contributed by atoms with Gasteiger partial charge in [-0.3, -0.25) is 4.79 Å². The maximum absolute atomic E-state index is 12.8. The number of nitrogens with zero attached hydrogens (tertiary/aromatic N) is 2. The maximum Gasteiger partial charge on any atom is 0.243 e. The molecule has 6 heteroatoms. The van der Waals surface area contributed by atoms with Gasteiger partial charge in [0.1, 0.15) is 0 Å². The Kier molecular flexibility index (Phi) is 7.09. The molecule has 3 rings (SSSR count). The molecule has 1 amide bonds. The van der Waals surface area contributed by atoms with Crippen LogP contribution in [0.2, 0.25) is 0 Å². The van der Waals surface area contributed by atoms with Gasteiger partial charge in [0.2, 0.25) is 15.9 Å². The average molecular weight is 415 g/mol. The molecule has 1 aliphatic heterocycles. The number of carbonyl (C=O) groups is 1. The van der Waals surface area contributed by atoms with Gasteiger partial charge < -0.3 is 4.90 Å². The standard InChI is InChI=1S/C23H30N2O3S/c1-3-24(4-2)29(27,28)21-15-12-19(13-16-21)14-17-23(26)25-18-8-11-22(25)20-9-6-5-7-10-20/h5-7,9-10,12-13,15-16,22H,3-4,8,11,14,17-18H2,1-2H3. The SMILES string of the molecule is CCN(CC)S(=O)(=O)c1ccc(CCC(=O)N2CCCC2c2ccccc2)cc1. The van der Waals surface area contributed by atoms with Crippen LogP contribution in [0, 0.1) is 0 Å². The molecule has 1 aliphatic rings. The van der Waals surface area contributed by atoms with Gasteiger partial charge in [-0.1, -0.05) is 56.3 Å². The summed E-state index contributed by atoms with van der Waals surface area (Å²) in [5.41, 5.74) is 2.18. The van der Waals surface area contributed by atoms with Crippen LogP contribution in [0.5, 0.6) is 0 Å². The number of hydrogen-bond acceptors (Lipinski definition) is 3. The van der Waals surface area contributed by atoms with Crippen LogP contribution in [-0.4, -0.2) is 43.2 Å². The van der Waals surface area contributed by atoms with E-state index in [1.165, 1.54) is 9.87 Å². The van der Waals surface area contributed by atoms with E-state index in [4.69, 9.17) is 0 Å². The Morgan fingerprint density at radius 1 is 1.03 bits per heavy atom. The van der Waals surface area contributed by atoms with E-state index < -0.39 is 10.0 Å². The van der Waals surface area contributed by atoms with Crippen molar-refractivity contribution < 1.29 is 13.2 Å². The monoisotopic (exact) mass is 414 g/mol. The molecular formula is C23H30N2O3S. The van der Waals surface area contributed by atoms with Gasteiger partial charge in [0, 0.05) is 26.1 Å². The van der Waals surface area contributed by atoms with Gasteiger partial charge in [-0.2, -0.15) is 4.31 Å². The molecule has 1 saturated heterocycles. The second-order valence-electron chi connectivity index (χ2n) is 7.39. The zero-order chi connectivity index (χ0) is 20.9. The van der Waals surface area contributed by atoms with Crippen LogP contribution in [0.4, 0.5) is 0 Å². The molecule has 1 unspecified atom stereocenters. The second kappa shape index (κ2) is 9.55. The Labute approximate surface area is 174 Å². The molecule has 0 radical (unpaired) electrons. The lowest BCUT2D eigenvalue weighted by molar-refractivity contribution is -0.132. The van der Waals surface area contributed by atoms with Gasteiger partial charge >= 0.3 is 0 Å². The minimum absolute atomic E-state index is 0.163. The lowest BCUT2D eigenvalue weighted by atomic mass is 10.0. The van der Waals surface area contributed by atoms with E-state index in [1.54, 1.807) is 12.1 Å². The number of carbonyl (C=O) groups excluding carboxylic acids is 1. The van der Waals surface area contributed by atoms with Crippen LogP contribution in [0.25, 0.3) is 0 Å². The number of amides is 1. The summed E-state index contributed by atoms with van der Waals surface area (Å²) < 4.78 is 26.6. The third kappa shape index (κ3) is 4.87. The predicted octanol–water partition coefficient (Wildman–Crippen LogP) is 4.01. The highest BCUT2D eigenvalue weighted by atomic mass is 32.2. The summed E-state index contributed by atoms with van der Waals surface area (Å²) in [6, 6.07) is 17.3. The van der Waals surface area contributed by atoms with Gasteiger partial charge in [0.05, 0.1) is 10.9 Å². The first-order chi connectivity index (χ1) is 14.0. The summed E-state index contributed by atoms with van der Waals surface area (Å²) >= 11 is 0.